The van der Waals surface area contributed by atoms with Crippen molar-refractivity contribution in [3.63, 3.8) is 0 Å². The van der Waals surface area contributed by atoms with E-state index in [1.54, 1.807) is 11.8 Å². The number of alkyl halides is 1. The van der Waals surface area contributed by atoms with Crippen molar-refractivity contribution in [2.24, 2.45) is 10.2 Å². The van der Waals surface area contributed by atoms with Gasteiger partial charge in [0.2, 0.25) is 0 Å². The Bertz CT molecular complexity index is 340. The van der Waals surface area contributed by atoms with E-state index < -0.39 is 0 Å². The molecule has 0 saturated heterocycles. The summed E-state index contributed by atoms with van der Waals surface area (Å²) in [6.45, 7) is 3.38. The van der Waals surface area contributed by atoms with Gasteiger partial charge in [-0.15, -0.1) is 16.7 Å². The zero-order valence-corrected chi connectivity index (χ0v) is 12.0. The van der Waals surface area contributed by atoms with E-state index in [9.17, 15) is 0 Å². The lowest BCUT2D eigenvalue weighted by Crippen LogP contribution is -2.08. The number of rotatable bonds is 5. The fraction of sp³-hybridized carbons (Fsp3) is 0.417. The predicted octanol–water partition coefficient (Wildman–Crippen LogP) is 2.61. The summed E-state index contributed by atoms with van der Waals surface area (Å²) in [6.07, 6.45) is 9.29. The van der Waals surface area contributed by atoms with Crippen LogP contribution in [-0.4, -0.2) is 36.9 Å². The number of nitrogens with zero attached hydrogens (tertiary/aromatic N) is 2. The molecule has 0 fully saturated rings. The van der Waals surface area contributed by atoms with Gasteiger partial charge >= 0.3 is 0 Å². The third-order valence-electron chi connectivity index (χ3n) is 1.82. The summed E-state index contributed by atoms with van der Waals surface area (Å²) < 4.78 is 0. The van der Waals surface area contributed by atoms with Crippen LogP contribution in [0, 0.1) is 0 Å². The maximum atomic E-state index is 9.04. The van der Waals surface area contributed by atoms with Gasteiger partial charge in [0.1, 0.15) is 11.3 Å². The van der Waals surface area contributed by atoms with Gasteiger partial charge < -0.3 is 10.1 Å². The van der Waals surface area contributed by atoms with E-state index in [-0.39, 0.29) is 5.88 Å². The highest BCUT2D eigenvalue weighted by atomic mass is 35.5. The highest BCUT2D eigenvalue weighted by molar-refractivity contribution is 8.14. The van der Waals surface area contributed by atoms with E-state index >= 15 is 0 Å². The summed E-state index contributed by atoms with van der Waals surface area (Å²) in [7, 11) is 1.91. The van der Waals surface area contributed by atoms with Crippen LogP contribution in [0.1, 0.15) is 12.8 Å². The van der Waals surface area contributed by atoms with Crippen molar-refractivity contribution in [3.8, 4) is 0 Å². The molecule has 0 aromatic carbocycles. The van der Waals surface area contributed by atoms with Gasteiger partial charge in [0.05, 0.1) is 5.88 Å². The summed E-state index contributed by atoms with van der Waals surface area (Å²) in [5.74, 6) is 0.944. The fourth-order valence-corrected chi connectivity index (χ4v) is 1.86. The molecule has 1 rings (SSSR count). The third-order valence-corrected chi connectivity index (χ3v) is 2.97. The normalized spacial score (nSPS) is 14.3. The Morgan fingerprint density at radius 3 is 2.83 bits per heavy atom. The van der Waals surface area contributed by atoms with Crippen molar-refractivity contribution < 1.29 is 4.79 Å². The van der Waals surface area contributed by atoms with Gasteiger partial charge in [-0.05, 0) is 19.9 Å². The molecule has 0 heterocycles. The van der Waals surface area contributed by atoms with Crippen LogP contribution in [0.4, 0.5) is 0 Å². The third kappa shape index (κ3) is 8.22. The molecule has 1 aliphatic rings. The lowest BCUT2D eigenvalue weighted by molar-refractivity contribution is -0.105. The average molecular weight is 288 g/mol. The highest BCUT2D eigenvalue weighted by Crippen LogP contribution is 2.18. The molecule has 0 spiro atoms. The largest absolute Gasteiger partial charge is 0.311 e. The Balaban J connectivity index is 0.000000631. The lowest BCUT2D eigenvalue weighted by Gasteiger charge is -2.08. The van der Waals surface area contributed by atoms with Gasteiger partial charge in [-0.25, -0.2) is 0 Å². The number of halogens is 1. The molecule has 0 unspecified atom stereocenters. The SMILES string of the molecule is C=N/N=C(\SCNC)C1=CCCC=C1.O=CCCl. The first-order chi connectivity index (χ1) is 8.79. The van der Waals surface area contributed by atoms with Crippen molar-refractivity contribution in [2.45, 2.75) is 12.8 Å². The number of allylic oxidation sites excluding steroid dienone is 3. The van der Waals surface area contributed by atoms with Gasteiger partial charge in [-0.1, -0.05) is 30.0 Å². The smallest absolute Gasteiger partial charge is 0.134 e. The summed E-state index contributed by atoms with van der Waals surface area (Å²) in [4.78, 5) is 9.04. The minimum absolute atomic E-state index is 0.111. The first kappa shape index (κ1) is 17.1. The van der Waals surface area contributed by atoms with Crippen LogP contribution in [0.15, 0.2) is 34.0 Å². The molecule has 0 aromatic heterocycles. The second-order valence-electron chi connectivity index (χ2n) is 3.15. The van der Waals surface area contributed by atoms with E-state index in [0.29, 0.717) is 6.29 Å². The second-order valence-corrected chi connectivity index (χ2v) is 4.42. The minimum atomic E-state index is 0.111. The number of carbonyl (C=O) groups excluding carboxylic acids is 1. The number of nitrogens with one attached hydrogen (secondary N) is 1. The zero-order chi connectivity index (χ0) is 13.6. The van der Waals surface area contributed by atoms with E-state index in [4.69, 9.17) is 16.4 Å². The highest BCUT2D eigenvalue weighted by Gasteiger charge is 2.06. The number of carbonyl (C=O) groups is 1. The number of aldehydes is 1. The van der Waals surface area contributed by atoms with Crippen LogP contribution in [0.25, 0.3) is 0 Å². The van der Waals surface area contributed by atoms with Crippen molar-refractivity contribution >= 4 is 41.4 Å². The molecular weight excluding hydrogens is 270 g/mol. The number of hydrogen-bond donors (Lipinski definition) is 1. The fourth-order valence-electron chi connectivity index (χ4n) is 1.15. The molecule has 0 atom stereocenters. The van der Waals surface area contributed by atoms with Crippen LogP contribution in [-0.2, 0) is 4.79 Å². The van der Waals surface area contributed by atoms with Gasteiger partial charge in [0, 0.05) is 18.2 Å². The molecule has 6 heteroatoms. The Kier molecular flexibility index (Phi) is 11.9. The topological polar surface area (TPSA) is 53.8 Å². The van der Waals surface area contributed by atoms with Crippen molar-refractivity contribution in [1.82, 2.24) is 5.32 Å². The van der Waals surface area contributed by atoms with E-state index in [0.717, 1.165) is 29.3 Å². The maximum absolute atomic E-state index is 9.04. The van der Waals surface area contributed by atoms with Crippen LogP contribution < -0.4 is 5.32 Å². The Morgan fingerprint density at radius 2 is 2.39 bits per heavy atom. The predicted molar refractivity (Wildman–Crippen MR) is 81.7 cm³/mol. The van der Waals surface area contributed by atoms with Gasteiger partial charge in [-0.2, -0.15) is 5.10 Å². The zero-order valence-electron chi connectivity index (χ0n) is 10.4. The Hall–Kier alpha value is -0.910. The van der Waals surface area contributed by atoms with Crippen molar-refractivity contribution in [1.29, 1.82) is 0 Å². The molecule has 0 aromatic rings. The second kappa shape index (κ2) is 12.5. The molecule has 0 radical (unpaired) electrons. The summed E-state index contributed by atoms with van der Waals surface area (Å²) >= 11 is 6.46. The molecular formula is C12H18ClN3OS. The van der Waals surface area contributed by atoms with Crippen molar-refractivity contribution in [3.05, 3.63) is 23.8 Å². The van der Waals surface area contributed by atoms with Crippen molar-refractivity contribution in [2.75, 3.05) is 18.8 Å². The molecule has 18 heavy (non-hydrogen) atoms. The molecule has 0 bridgehead atoms. The Morgan fingerprint density at radius 1 is 1.67 bits per heavy atom. The number of hydrogen-bond acceptors (Lipinski definition) is 5. The summed E-state index contributed by atoms with van der Waals surface area (Å²) in [6, 6.07) is 0. The maximum Gasteiger partial charge on any atom is 0.134 e. The van der Waals surface area contributed by atoms with Gasteiger partial charge in [-0.3, -0.25) is 0 Å². The molecule has 1 aliphatic carbocycles. The van der Waals surface area contributed by atoms with Crippen LogP contribution in [0.5, 0.6) is 0 Å². The Labute approximate surface area is 117 Å². The first-order valence-electron chi connectivity index (χ1n) is 5.47. The first-order valence-corrected chi connectivity index (χ1v) is 6.99. The molecule has 4 nitrogen and oxygen atoms in total. The van der Waals surface area contributed by atoms with Gasteiger partial charge in [0.25, 0.3) is 0 Å². The molecule has 100 valence electrons. The standard InChI is InChI=1S/C10H15N3S.C2H3ClO/c1-11-8-14-10(13-12-2)9-6-4-3-5-7-9;3-1-2-4/h4,6-7,11H,2-3,5,8H2,1H3;2H,1H2/b13-10-;. The minimum Gasteiger partial charge on any atom is -0.311 e. The molecule has 0 aliphatic heterocycles. The monoisotopic (exact) mass is 287 g/mol. The van der Waals surface area contributed by atoms with E-state index in [2.05, 4.69) is 40.5 Å². The lowest BCUT2D eigenvalue weighted by atomic mass is 10.1. The summed E-state index contributed by atoms with van der Waals surface area (Å²) in [5, 5.41) is 11.6. The van der Waals surface area contributed by atoms with E-state index in [1.807, 2.05) is 7.05 Å². The van der Waals surface area contributed by atoms with Crippen LogP contribution in [0.3, 0.4) is 0 Å². The van der Waals surface area contributed by atoms with Crippen LogP contribution >= 0.6 is 23.4 Å². The molecule has 0 amide bonds. The quantitative estimate of drug-likeness (QED) is 0.211. The summed E-state index contributed by atoms with van der Waals surface area (Å²) in [5.41, 5.74) is 1.16. The number of thioether (sulfide) groups is 1. The van der Waals surface area contributed by atoms with Crippen LogP contribution in [0.2, 0.25) is 0 Å². The average Bonchev–Trinajstić information content (AvgIpc) is 2.44. The van der Waals surface area contributed by atoms with E-state index in [1.165, 1.54) is 0 Å². The molecule has 1 N–H and O–H groups in total. The van der Waals surface area contributed by atoms with Gasteiger partial charge in [0.15, 0.2) is 0 Å². The molecule has 0 saturated carbocycles.